The number of aliphatic carboxylic acids is 1. The van der Waals surface area contributed by atoms with E-state index in [0.717, 1.165) is 22.9 Å². The van der Waals surface area contributed by atoms with Crippen molar-refractivity contribution in [3.63, 3.8) is 0 Å². The Morgan fingerprint density at radius 1 is 1.24 bits per heavy atom. The third-order valence-electron chi connectivity index (χ3n) is 4.64. The largest absolute Gasteiger partial charge is 0.490 e. The lowest BCUT2D eigenvalue weighted by molar-refractivity contribution is -0.192. The van der Waals surface area contributed by atoms with Gasteiger partial charge in [0.15, 0.2) is 11.6 Å². The molecule has 2 unspecified atom stereocenters. The van der Waals surface area contributed by atoms with Crippen molar-refractivity contribution >= 4 is 11.9 Å². The number of carbonyl (C=O) groups excluding carboxylic acids is 1. The number of hydrogen-bond acceptors (Lipinski definition) is 4. The molecule has 0 saturated carbocycles. The molecule has 4 N–H and O–H groups in total. The average molecular weight is 418 g/mol. The summed E-state index contributed by atoms with van der Waals surface area (Å²) in [7, 11) is 0. The van der Waals surface area contributed by atoms with Crippen LogP contribution in [0.2, 0.25) is 0 Å². The molecule has 12 heteroatoms. The molecule has 2 aliphatic rings. The van der Waals surface area contributed by atoms with E-state index in [2.05, 4.69) is 20.8 Å². The van der Waals surface area contributed by atoms with Crippen molar-refractivity contribution in [2.45, 2.75) is 37.6 Å². The number of nitrogens with zero attached hydrogens (tertiary/aromatic N) is 1. The lowest BCUT2D eigenvalue weighted by Crippen LogP contribution is -2.36. The van der Waals surface area contributed by atoms with Crippen LogP contribution in [0.1, 0.15) is 40.9 Å². The number of rotatable bonds is 2. The lowest BCUT2D eigenvalue weighted by atomic mass is 10.1. The Kier molecular flexibility index (Phi) is 5.55. The van der Waals surface area contributed by atoms with Crippen LogP contribution in [0.3, 0.4) is 0 Å². The van der Waals surface area contributed by atoms with Gasteiger partial charge in [0.1, 0.15) is 6.04 Å². The molecule has 29 heavy (non-hydrogen) atoms. The quantitative estimate of drug-likeness (QED) is 0.560. The first-order valence-electron chi connectivity index (χ1n) is 8.42. The molecule has 0 radical (unpaired) electrons. The summed E-state index contributed by atoms with van der Waals surface area (Å²) < 4.78 is 59.2. The van der Waals surface area contributed by atoms with Crippen molar-refractivity contribution in [1.29, 1.82) is 0 Å². The molecule has 0 spiro atoms. The van der Waals surface area contributed by atoms with Crippen molar-refractivity contribution in [2.75, 3.05) is 0 Å². The fourth-order valence-corrected chi connectivity index (χ4v) is 3.31. The number of hydrogen-bond donors (Lipinski definition) is 4. The molecule has 0 saturated heterocycles. The Hall–Kier alpha value is -3.02. The highest BCUT2D eigenvalue weighted by Crippen LogP contribution is 2.35. The van der Waals surface area contributed by atoms with Crippen molar-refractivity contribution < 1.29 is 36.6 Å². The van der Waals surface area contributed by atoms with Gasteiger partial charge in [-0.15, -0.1) is 0 Å². The van der Waals surface area contributed by atoms with E-state index in [9.17, 15) is 26.7 Å². The number of aromatic nitrogens is 2. The Morgan fingerprint density at radius 2 is 1.93 bits per heavy atom. The summed E-state index contributed by atoms with van der Waals surface area (Å²) in [5.74, 6) is -4.74. The van der Waals surface area contributed by atoms with Gasteiger partial charge in [-0.3, -0.25) is 15.2 Å². The standard InChI is InChI=1S/C15H14F2N4O.C2HF3O2/c16-9-3-1-7-2-4-10(12(7)13(9)17)20-15(22)14-8-5-19-21-11(8)6-18-14;3-2(4,5)1(6)7/h1,3,5,10,14,18H,2,4,6H2,(H,19,21)(H,20,22);(H,6,7). The number of alkyl halides is 3. The zero-order valence-electron chi connectivity index (χ0n) is 14.6. The van der Waals surface area contributed by atoms with Crippen molar-refractivity contribution in [3.05, 3.63) is 52.3 Å². The third-order valence-corrected chi connectivity index (χ3v) is 4.64. The molecule has 4 rings (SSSR count). The van der Waals surface area contributed by atoms with Gasteiger partial charge < -0.3 is 10.4 Å². The number of carboxylic acid groups (broad SMARTS) is 1. The molecule has 2 heterocycles. The van der Waals surface area contributed by atoms with Crippen molar-refractivity contribution in [1.82, 2.24) is 20.8 Å². The first kappa shape index (κ1) is 20.7. The second-order valence-corrected chi connectivity index (χ2v) is 6.45. The minimum atomic E-state index is -5.08. The fourth-order valence-electron chi connectivity index (χ4n) is 3.31. The predicted molar refractivity (Wildman–Crippen MR) is 87.4 cm³/mol. The lowest BCUT2D eigenvalue weighted by Gasteiger charge is -2.18. The second kappa shape index (κ2) is 7.78. The molecule has 0 bridgehead atoms. The highest BCUT2D eigenvalue weighted by molar-refractivity contribution is 5.84. The van der Waals surface area contributed by atoms with Crippen LogP contribution in [0, 0.1) is 11.6 Å². The summed E-state index contributed by atoms with van der Waals surface area (Å²) in [6.45, 7) is 0.539. The molecular formula is C17H15F5N4O3. The molecule has 2 atom stereocenters. The summed E-state index contributed by atoms with van der Waals surface area (Å²) in [6, 6.07) is 1.72. The van der Waals surface area contributed by atoms with Crippen LogP contribution in [0.5, 0.6) is 0 Å². The second-order valence-electron chi connectivity index (χ2n) is 6.45. The Balaban J connectivity index is 0.000000298. The maximum absolute atomic E-state index is 14.0. The minimum absolute atomic E-state index is 0.248. The van der Waals surface area contributed by atoms with Crippen molar-refractivity contribution in [2.24, 2.45) is 0 Å². The van der Waals surface area contributed by atoms with E-state index in [1.165, 1.54) is 0 Å². The van der Waals surface area contributed by atoms with Gasteiger partial charge in [-0.05, 0) is 24.5 Å². The van der Waals surface area contributed by atoms with Crippen LogP contribution < -0.4 is 10.6 Å². The summed E-state index contributed by atoms with van der Waals surface area (Å²) in [5, 5.41) is 19.8. The molecule has 156 valence electrons. The number of aromatic amines is 1. The van der Waals surface area contributed by atoms with Crippen molar-refractivity contribution in [3.8, 4) is 0 Å². The van der Waals surface area contributed by atoms with E-state index >= 15 is 0 Å². The number of benzene rings is 1. The minimum Gasteiger partial charge on any atom is -0.475 e. The zero-order valence-corrected chi connectivity index (χ0v) is 14.6. The number of H-pyrrole nitrogens is 1. The summed E-state index contributed by atoms with van der Waals surface area (Å²) in [4.78, 5) is 21.3. The molecule has 2 aromatic rings. The number of aryl methyl sites for hydroxylation is 1. The predicted octanol–water partition coefficient (Wildman–Crippen LogP) is 2.27. The van der Waals surface area contributed by atoms with E-state index in [4.69, 9.17) is 9.90 Å². The Morgan fingerprint density at radius 3 is 2.59 bits per heavy atom. The SMILES string of the molecule is O=C(NC1CCc2ccc(F)c(F)c21)C1NCc2[nH]ncc21.O=C(O)C(F)(F)F. The first-order valence-corrected chi connectivity index (χ1v) is 8.42. The van der Waals surface area contributed by atoms with E-state index in [0.29, 0.717) is 19.4 Å². The summed E-state index contributed by atoms with van der Waals surface area (Å²) in [6.07, 6.45) is -2.26. The van der Waals surface area contributed by atoms with E-state index < -0.39 is 35.9 Å². The van der Waals surface area contributed by atoms with Crippen LogP contribution in [0.15, 0.2) is 18.3 Å². The van der Waals surface area contributed by atoms with Gasteiger partial charge in [0.2, 0.25) is 5.91 Å². The maximum Gasteiger partial charge on any atom is 0.490 e. The number of carbonyl (C=O) groups is 2. The number of amides is 1. The number of halogens is 5. The van der Waals surface area contributed by atoms with E-state index in [1.54, 1.807) is 12.3 Å². The van der Waals surface area contributed by atoms with Crippen LogP contribution in [-0.4, -0.2) is 33.4 Å². The van der Waals surface area contributed by atoms with Gasteiger partial charge in [-0.25, -0.2) is 13.6 Å². The van der Waals surface area contributed by atoms with Gasteiger partial charge in [-0.2, -0.15) is 18.3 Å². The third kappa shape index (κ3) is 4.21. The molecule has 7 nitrogen and oxygen atoms in total. The molecule has 1 aromatic heterocycles. The Bertz CT molecular complexity index is 944. The van der Waals surface area contributed by atoms with E-state index in [-0.39, 0.29) is 11.5 Å². The highest BCUT2D eigenvalue weighted by Gasteiger charge is 2.38. The highest BCUT2D eigenvalue weighted by atomic mass is 19.4. The van der Waals surface area contributed by atoms with E-state index in [1.807, 2.05) is 0 Å². The summed E-state index contributed by atoms with van der Waals surface area (Å²) >= 11 is 0. The summed E-state index contributed by atoms with van der Waals surface area (Å²) in [5.41, 5.74) is 2.71. The van der Waals surface area contributed by atoms with Gasteiger partial charge in [-0.1, -0.05) is 6.07 Å². The number of carboxylic acids is 1. The number of nitrogens with one attached hydrogen (secondary N) is 3. The first-order chi connectivity index (χ1) is 13.6. The van der Waals surface area contributed by atoms with Gasteiger partial charge in [0, 0.05) is 17.7 Å². The number of fused-ring (bicyclic) bond motifs is 2. The smallest absolute Gasteiger partial charge is 0.475 e. The van der Waals surface area contributed by atoms with Crippen LogP contribution in [0.25, 0.3) is 0 Å². The molecule has 1 amide bonds. The fraction of sp³-hybridized carbons (Fsp3) is 0.353. The topological polar surface area (TPSA) is 107 Å². The van der Waals surface area contributed by atoms with Gasteiger partial charge in [0.05, 0.1) is 17.9 Å². The molecule has 0 fully saturated rings. The molecule has 1 aromatic carbocycles. The van der Waals surface area contributed by atoms with Crippen LogP contribution in [-0.2, 0) is 22.6 Å². The normalized spacial score (nSPS) is 19.8. The average Bonchev–Trinajstić information content (AvgIpc) is 3.33. The Labute approximate surface area is 160 Å². The van der Waals surface area contributed by atoms with Crippen LogP contribution >= 0.6 is 0 Å². The molecule has 1 aliphatic heterocycles. The monoisotopic (exact) mass is 418 g/mol. The molecular weight excluding hydrogens is 403 g/mol. The van der Waals surface area contributed by atoms with Gasteiger partial charge in [0.25, 0.3) is 0 Å². The van der Waals surface area contributed by atoms with Crippen LogP contribution in [0.4, 0.5) is 22.0 Å². The van der Waals surface area contributed by atoms with Gasteiger partial charge >= 0.3 is 12.1 Å². The molecule has 1 aliphatic carbocycles. The zero-order chi connectivity index (χ0) is 21.3. The maximum atomic E-state index is 14.0.